The van der Waals surface area contributed by atoms with E-state index >= 15 is 0 Å². The number of carbonyl (C=O) groups is 1. The Kier molecular flexibility index (Phi) is 5.81. The summed E-state index contributed by atoms with van der Waals surface area (Å²) in [5.41, 5.74) is 0. The molecule has 0 spiro atoms. The summed E-state index contributed by atoms with van der Waals surface area (Å²) in [5.74, 6) is 1.12. The van der Waals surface area contributed by atoms with Crippen LogP contribution in [-0.2, 0) is 4.79 Å². The predicted molar refractivity (Wildman–Crippen MR) is 67.3 cm³/mol. The smallest absolute Gasteiger partial charge is 0.223 e. The maximum absolute atomic E-state index is 12.0. The highest BCUT2D eigenvalue weighted by Crippen LogP contribution is 2.16. The lowest BCUT2D eigenvalue weighted by Crippen LogP contribution is -2.44. The van der Waals surface area contributed by atoms with Crippen LogP contribution in [0.25, 0.3) is 0 Å². The van der Waals surface area contributed by atoms with Gasteiger partial charge in [-0.2, -0.15) is 0 Å². The van der Waals surface area contributed by atoms with Crippen LogP contribution >= 0.6 is 0 Å². The number of nitrogens with one attached hydrogen (secondary N) is 2. The van der Waals surface area contributed by atoms with Gasteiger partial charge in [0, 0.05) is 12.0 Å². The molecule has 0 aliphatic carbocycles. The maximum atomic E-state index is 12.0. The van der Waals surface area contributed by atoms with Crippen molar-refractivity contribution in [2.24, 2.45) is 11.8 Å². The zero-order valence-electron chi connectivity index (χ0n) is 10.9. The number of piperidine rings is 1. The van der Waals surface area contributed by atoms with E-state index in [9.17, 15) is 4.79 Å². The molecule has 1 unspecified atom stereocenters. The Hall–Kier alpha value is -0.570. The fourth-order valence-corrected chi connectivity index (χ4v) is 2.54. The monoisotopic (exact) mass is 226 g/mol. The Morgan fingerprint density at radius 3 is 2.38 bits per heavy atom. The average Bonchev–Trinajstić information content (AvgIpc) is 2.31. The second kappa shape index (κ2) is 6.89. The van der Waals surface area contributed by atoms with E-state index in [1.54, 1.807) is 0 Å². The van der Waals surface area contributed by atoms with E-state index in [1.807, 2.05) is 0 Å². The fourth-order valence-electron chi connectivity index (χ4n) is 2.54. The molecule has 1 amide bonds. The molecule has 0 bridgehead atoms. The SMILES string of the molecule is CCC(CC)C(C)NC(=O)C1CCNCC1. The van der Waals surface area contributed by atoms with E-state index in [2.05, 4.69) is 31.4 Å². The Morgan fingerprint density at radius 2 is 1.88 bits per heavy atom. The maximum Gasteiger partial charge on any atom is 0.223 e. The van der Waals surface area contributed by atoms with E-state index < -0.39 is 0 Å². The van der Waals surface area contributed by atoms with Crippen molar-refractivity contribution in [1.29, 1.82) is 0 Å². The van der Waals surface area contributed by atoms with Crippen LogP contribution in [0.3, 0.4) is 0 Å². The molecule has 0 aromatic heterocycles. The van der Waals surface area contributed by atoms with Crippen molar-refractivity contribution in [3.63, 3.8) is 0 Å². The molecule has 1 rings (SSSR count). The summed E-state index contributed by atoms with van der Waals surface area (Å²) in [6.45, 7) is 8.49. The van der Waals surface area contributed by atoms with Gasteiger partial charge in [0.15, 0.2) is 0 Å². The molecule has 2 N–H and O–H groups in total. The Bertz CT molecular complexity index is 208. The van der Waals surface area contributed by atoms with Crippen molar-refractivity contribution >= 4 is 5.91 Å². The van der Waals surface area contributed by atoms with E-state index in [4.69, 9.17) is 0 Å². The second-order valence-corrected chi connectivity index (χ2v) is 4.90. The lowest BCUT2D eigenvalue weighted by Gasteiger charge is -2.27. The van der Waals surface area contributed by atoms with Crippen molar-refractivity contribution in [2.75, 3.05) is 13.1 Å². The van der Waals surface area contributed by atoms with Gasteiger partial charge in [-0.1, -0.05) is 26.7 Å². The van der Waals surface area contributed by atoms with Crippen LogP contribution in [0.15, 0.2) is 0 Å². The zero-order chi connectivity index (χ0) is 12.0. The van der Waals surface area contributed by atoms with E-state index in [0.29, 0.717) is 12.0 Å². The highest BCUT2D eigenvalue weighted by Gasteiger charge is 2.23. The van der Waals surface area contributed by atoms with Crippen molar-refractivity contribution in [1.82, 2.24) is 10.6 Å². The first-order valence-corrected chi connectivity index (χ1v) is 6.70. The van der Waals surface area contributed by atoms with Gasteiger partial charge in [-0.25, -0.2) is 0 Å². The standard InChI is InChI=1S/C13H26N2O/c1-4-11(5-2)10(3)15-13(16)12-6-8-14-9-7-12/h10-12,14H,4-9H2,1-3H3,(H,15,16). The number of hydrogen-bond donors (Lipinski definition) is 2. The quantitative estimate of drug-likeness (QED) is 0.752. The van der Waals surface area contributed by atoms with Crippen LogP contribution in [-0.4, -0.2) is 25.0 Å². The topological polar surface area (TPSA) is 41.1 Å². The minimum absolute atomic E-state index is 0.234. The summed E-state index contributed by atoms with van der Waals surface area (Å²) >= 11 is 0. The molecule has 94 valence electrons. The van der Waals surface area contributed by atoms with Crippen LogP contribution in [0.5, 0.6) is 0 Å². The molecule has 0 radical (unpaired) electrons. The normalized spacial score (nSPS) is 19.8. The van der Waals surface area contributed by atoms with Gasteiger partial charge in [0.1, 0.15) is 0 Å². The second-order valence-electron chi connectivity index (χ2n) is 4.90. The van der Waals surface area contributed by atoms with Gasteiger partial charge in [0.05, 0.1) is 0 Å². The molecule has 1 atom stereocenters. The molecule has 1 fully saturated rings. The summed E-state index contributed by atoms with van der Waals surface area (Å²) in [6.07, 6.45) is 4.26. The van der Waals surface area contributed by atoms with Gasteiger partial charge in [0.2, 0.25) is 5.91 Å². The summed E-state index contributed by atoms with van der Waals surface area (Å²) < 4.78 is 0. The van der Waals surface area contributed by atoms with Crippen LogP contribution in [0.1, 0.15) is 46.5 Å². The lowest BCUT2D eigenvalue weighted by molar-refractivity contribution is -0.126. The minimum Gasteiger partial charge on any atom is -0.353 e. The van der Waals surface area contributed by atoms with E-state index in [0.717, 1.165) is 38.8 Å². The van der Waals surface area contributed by atoms with Crippen molar-refractivity contribution < 1.29 is 4.79 Å². The number of rotatable bonds is 5. The fraction of sp³-hybridized carbons (Fsp3) is 0.923. The lowest BCUT2D eigenvalue weighted by atomic mass is 9.93. The zero-order valence-corrected chi connectivity index (χ0v) is 10.9. The van der Waals surface area contributed by atoms with Crippen molar-refractivity contribution in [2.45, 2.75) is 52.5 Å². The Morgan fingerprint density at radius 1 is 1.31 bits per heavy atom. The summed E-state index contributed by atoms with van der Waals surface area (Å²) in [5, 5.41) is 6.47. The predicted octanol–water partition coefficient (Wildman–Crippen LogP) is 1.93. The average molecular weight is 226 g/mol. The number of carbonyl (C=O) groups excluding carboxylic acids is 1. The molecule has 1 aliphatic heterocycles. The van der Waals surface area contributed by atoms with Gasteiger partial charge < -0.3 is 10.6 Å². The highest BCUT2D eigenvalue weighted by atomic mass is 16.1. The molecule has 3 nitrogen and oxygen atoms in total. The number of hydrogen-bond acceptors (Lipinski definition) is 2. The molecule has 1 saturated heterocycles. The van der Waals surface area contributed by atoms with Gasteiger partial charge >= 0.3 is 0 Å². The summed E-state index contributed by atoms with van der Waals surface area (Å²) in [6, 6.07) is 0.317. The molecular weight excluding hydrogens is 200 g/mol. The van der Waals surface area contributed by atoms with Crippen molar-refractivity contribution in [3.05, 3.63) is 0 Å². The molecule has 0 saturated carbocycles. The highest BCUT2D eigenvalue weighted by molar-refractivity contribution is 5.79. The molecule has 0 aromatic rings. The third kappa shape index (κ3) is 3.78. The van der Waals surface area contributed by atoms with Crippen LogP contribution in [0.2, 0.25) is 0 Å². The van der Waals surface area contributed by atoms with Gasteiger partial charge in [-0.3, -0.25) is 4.79 Å². The van der Waals surface area contributed by atoms with E-state index in [1.165, 1.54) is 0 Å². The summed E-state index contributed by atoms with van der Waals surface area (Å²) in [4.78, 5) is 12.0. The summed E-state index contributed by atoms with van der Waals surface area (Å²) in [7, 11) is 0. The van der Waals surface area contributed by atoms with E-state index in [-0.39, 0.29) is 11.8 Å². The van der Waals surface area contributed by atoms with Gasteiger partial charge in [0.25, 0.3) is 0 Å². The third-order valence-corrected chi connectivity index (χ3v) is 3.84. The van der Waals surface area contributed by atoms with Crippen molar-refractivity contribution in [3.8, 4) is 0 Å². The Balaban J connectivity index is 2.37. The largest absolute Gasteiger partial charge is 0.353 e. The molecular formula is C13H26N2O. The first kappa shape index (κ1) is 13.5. The van der Waals surface area contributed by atoms with Gasteiger partial charge in [-0.15, -0.1) is 0 Å². The first-order chi connectivity index (χ1) is 7.69. The molecule has 1 aliphatic rings. The molecule has 1 heterocycles. The Labute approximate surface area is 99.4 Å². The number of amides is 1. The molecule has 3 heteroatoms. The molecule has 0 aromatic carbocycles. The van der Waals surface area contributed by atoms with Crippen LogP contribution in [0, 0.1) is 11.8 Å². The minimum atomic E-state index is 0.234. The first-order valence-electron chi connectivity index (χ1n) is 6.70. The third-order valence-electron chi connectivity index (χ3n) is 3.84. The van der Waals surface area contributed by atoms with Crippen LogP contribution < -0.4 is 10.6 Å². The molecule has 16 heavy (non-hydrogen) atoms. The van der Waals surface area contributed by atoms with Gasteiger partial charge in [-0.05, 0) is 38.8 Å². The van der Waals surface area contributed by atoms with Crippen LogP contribution in [0.4, 0.5) is 0 Å².